The number of aliphatic imine (C=N–C) groups is 1. The van der Waals surface area contributed by atoms with Crippen LogP contribution in [-0.2, 0) is 16.0 Å². The standard InChI is InChI=1S/C25H22N2O2/c1-29-25(28)23(16-20-17-26-22-15-9-8-14-21(20)22)27-24(18-10-4-2-5-11-18)19-12-6-3-7-13-19/h2-15,17,23,26H,16H2,1H3/t23-/m1/s1. The van der Waals surface area contributed by atoms with Crippen LogP contribution < -0.4 is 0 Å². The topological polar surface area (TPSA) is 54.5 Å². The number of esters is 1. The van der Waals surface area contributed by atoms with Crippen molar-refractivity contribution in [2.24, 2.45) is 4.99 Å². The van der Waals surface area contributed by atoms with E-state index in [4.69, 9.17) is 9.73 Å². The van der Waals surface area contributed by atoms with E-state index in [1.807, 2.05) is 85.1 Å². The number of nitrogens with zero attached hydrogens (tertiary/aromatic N) is 1. The Kier molecular flexibility index (Phi) is 5.52. The largest absolute Gasteiger partial charge is 0.467 e. The van der Waals surface area contributed by atoms with Crippen molar-refractivity contribution >= 4 is 22.6 Å². The van der Waals surface area contributed by atoms with Gasteiger partial charge in [-0.2, -0.15) is 0 Å². The molecule has 4 nitrogen and oxygen atoms in total. The molecule has 1 aromatic heterocycles. The minimum atomic E-state index is -0.644. The number of para-hydroxylation sites is 1. The number of carbonyl (C=O) groups excluding carboxylic acids is 1. The fourth-order valence-corrected chi connectivity index (χ4v) is 3.49. The quantitative estimate of drug-likeness (QED) is 0.385. The molecule has 0 unspecified atom stereocenters. The number of hydrogen-bond donors (Lipinski definition) is 1. The maximum atomic E-state index is 12.6. The molecule has 4 aromatic rings. The highest BCUT2D eigenvalue weighted by molar-refractivity contribution is 6.13. The van der Waals surface area contributed by atoms with Crippen molar-refractivity contribution in [3.8, 4) is 0 Å². The van der Waals surface area contributed by atoms with Gasteiger partial charge in [-0.25, -0.2) is 4.79 Å². The molecule has 0 amide bonds. The summed E-state index contributed by atoms with van der Waals surface area (Å²) < 4.78 is 5.09. The van der Waals surface area contributed by atoms with Gasteiger partial charge < -0.3 is 9.72 Å². The van der Waals surface area contributed by atoms with Gasteiger partial charge in [0, 0.05) is 34.6 Å². The van der Waals surface area contributed by atoms with Crippen molar-refractivity contribution in [3.05, 3.63) is 108 Å². The van der Waals surface area contributed by atoms with Crippen LogP contribution in [0.5, 0.6) is 0 Å². The van der Waals surface area contributed by atoms with Crippen LogP contribution in [0.4, 0.5) is 0 Å². The molecule has 3 aromatic carbocycles. The molecule has 0 bridgehead atoms. The van der Waals surface area contributed by atoms with Gasteiger partial charge in [0.1, 0.15) is 0 Å². The number of H-pyrrole nitrogens is 1. The van der Waals surface area contributed by atoms with E-state index in [1.54, 1.807) is 0 Å². The summed E-state index contributed by atoms with van der Waals surface area (Å²) in [7, 11) is 1.41. The summed E-state index contributed by atoms with van der Waals surface area (Å²) in [4.78, 5) is 20.8. The van der Waals surface area contributed by atoms with Gasteiger partial charge in [-0.3, -0.25) is 4.99 Å². The number of aromatic amines is 1. The normalized spacial score (nSPS) is 11.8. The fraction of sp³-hybridized carbons (Fsp3) is 0.120. The monoisotopic (exact) mass is 382 g/mol. The van der Waals surface area contributed by atoms with Crippen molar-refractivity contribution < 1.29 is 9.53 Å². The fourth-order valence-electron chi connectivity index (χ4n) is 3.49. The first-order valence-corrected chi connectivity index (χ1v) is 9.57. The molecule has 1 heterocycles. The molecule has 4 rings (SSSR count). The summed E-state index contributed by atoms with van der Waals surface area (Å²) >= 11 is 0. The summed E-state index contributed by atoms with van der Waals surface area (Å²) in [5.41, 5.74) is 4.79. The number of rotatable bonds is 6. The lowest BCUT2D eigenvalue weighted by atomic mass is 10.0. The van der Waals surface area contributed by atoms with E-state index < -0.39 is 6.04 Å². The second-order valence-corrected chi connectivity index (χ2v) is 6.81. The molecule has 0 aliphatic heterocycles. The average Bonchev–Trinajstić information content (AvgIpc) is 3.20. The number of benzene rings is 3. The molecule has 1 atom stereocenters. The van der Waals surface area contributed by atoms with Gasteiger partial charge >= 0.3 is 5.97 Å². The third-order valence-corrected chi connectivity index (χ3v) is 4.94. The zero-order chi connectivity index (χ0) is 20.1. The van der Waals surface area contributed by atoms with Crippen LogP contribution >= 0.6 is 0 Å². The third kappa shape index (κ3) is 4.11. The lowest BCUT2D eigenvalue weighted by molar-refractivity contribution is -0.142. The van der Waals surface area contributed by atoms with Crippen molar-refractivity contribution in [2.45, 2.75) is 12.5 Å². The van der Waals surface area contributed by atoms with Crippen molar-refractivity contribution in [1.82, 2.24) is 4.98 Å². The van der Waals surface area contributed by atoms with E-state index in [0.29, 0.717) is 6.42 Å². The smallest absolute Gasteiger partial charge is 0.330 e. The van der Waals surface area contributed by atoms with E-state index in [1.165, 1.54) is 7.11 Å². The van der Waals surface area contributed by atoms with E-state index >= 15 is 0 Å². The summed E-state index contributed by atoms with van der Waals surface area (Å²) in [5, 5.41) is 1.09. The number of carbonyl (C=O) groups is 1. The Hall–Kier alpha value is -3.66. The van der Waals surface area contributed by atoms with Crippen molar-refractivity contribution in [2.75, 3.05) is 7.11 Å². The van der Waals surface area contributed by atoms with E-state index in [9.17, 15) is 4.79 Å². The molecule has 1 N–H and O–H groups in total. The number of ether oxygens (including phenoxy) is 1. The predicted molar refractivity (Wildman–Crippen MR) is 116 cm³/mol. The molecule has 4 heteroatoms. The Labute approximate surface area is 169 Å². The summed E-state index contributed by atoms with van der Waals surface area (Å²) in [5.74, 6) is -0.348. The molecule has 0 aliphatic rings. The zero-order valence-corrected chi connectivity index (χ0v) is 16.2. The SMILES string of the molecule is COC(=O)[C@@H](Cc1c[nH]c2ccccc12)N=C(c1ccccc1)c1ccccc1. The highest BCUT2D eigenvalue weighted by Crippen LogP contribution is 2.21. The van der Waals surface area contributed by atoms with Crippen LogP contribution in [0.25, 0.3) is 10.9 Å². The molecule has 0 spiro atoms. The van der Waals surface area contributed by atoms with Crippen molar-refractivity contribution in [3.63, 3.8) is 0 Å². The van der Waals surface area contributed by atoms with Crippen LogP contribution in [-0.4, -0.2) is 29.8 Å². The summed E-state index contributed by atoms with van der Waals surface area (Å²) in [6.07, 6.45) is 2.40. The number of fused-ring (bicyclic) bond motifs is 1. The van der Waals surface area contributed by atoms with Gasteiger partial charge in [0.25, 0.3) is 0 Å². The Morgan fingerprint density at radius 3 is 2.10 bits per heavy atom. The summed E-state index contributed by atoms with van der Waals surface area (Å²) in [6, 6.07) is 27.3. The Morgan fingerprint density at radius 2 is 1.48 bits per heavy atom. The zero-order valence-electron chi connectivity index (χ0n) is 16.2. The second-order valence-electron chi connectivity index (χ2n) is 6.81. The molecule has 0 radical (unpaired) electrons. The molecule has 0 fully saturated rings. The van der Waals surface area contributed by atoms with Crippen LogP contribution in [0.3, 0.4) is 0 Å². The lowest BCUT2D eigenvalue weighted by Gasteiger charge is -2.14. The van der Waals surface area contributed by atoms with Gasteiger partial charge in [-0.15, -0.1) is 0 Å². The molecule has 0 aliphatic carbocycles. The molecule has 144 valence electrons. The maximum Gasteiger partial charge on any atom is 0.330 e. The molecule has 29 heavy (non-hydrogen) atoms. The second kappa shape index (κ2) is 8.57. The van der Waals surface area contributed by atoms with E-state index in [2.05, 4.69) is 11.1 Å². The van der Waals surface area contributed by atoms with Crippen LogP contribution in [0.2, 0.25) is 0 Å². The predicted octanol–water partition coefficient (Wildman–Crippen LogP) is 4.79. The first-order chi connectivity index (χ1) is 14.3. The minimum absolute atomic E-state index is 0.348. The van der Waals surface area contributed by atoms with Crippen LogP contribution in [0.1, 0.15) is 16.7 Å². The van der Waals surface area contributed by atoms with E-state index in [-0.39, 0.29) is 5.97 Å². The first-order valence-electron chi connectivity index (χ1n) is 9.57. The number of methoxy groups -OCH3 is 1. The van der Waals surface area contributed by atoms with Crippen LogP contribution in [0, 0.1) is 0 Å². The average molecular weight is 382 g/mol. The third-order valence-electron chi connectivity index (χ3n) is 4.94. The highest BCUT2D eigenvalue weighted by atomic mass is 16.5. The molecule has 0 saturated carbocycles. The molecule has 0 saturated heterocycles. The first kappa shape index (κ1) is 18.7. The maximum absolute atomic E-state index is 12.6. The highest BCUT2D eigenvalue weighted by Gasteiger charge is 2.22. The van der Waals surface area contributed by atoms with Crippen LogP contribution in [0.15, 0.2) is 96.1 Å². The Balaban J connectivity index is 1.78. The Bertz CT molecular complexity index is 1090. The van der Waals surface area contributed by atoms with Gasteiger partial charge in [0.2, 0.25) is 0 Å². The molecular weight excluding hydrogens is 360 g/mol. The lowest BCUT2D eigenvalue weighted by Crippen LogP contribution is -2.25. The van der Waals surface area contributed by atoms with Gasteiger partial charge in [0.15, 0.2) is 6.04 Å². The molecular formula is C25H22N2O2. The van der Waals surface area contributed by atoms with E-state index in [0.717, 1.165) is 33.3 Å². The summed E-state index contributed by atoms with van der Waals surface area (Å²) in [6.45, 7) is 0. The van der Waals surface area contributed by atoms with Gasteiger partial charge in [-0.1, -0.05) is 78.9 Å². The van der Waals surface area contributed by atoms with Crippen molar-refractivity contribution in [1.29, 1.82) is 0 Å². The number of aromatic nitrogens is 1. The number of hydrogen-bond acceptors (Lipinski definition) is 3. The number of nitrogens with one attached hydrogen (secondary N) is 1. The van der Waals surface area contributed by atoms with Gasteiger partial charge in [-0.05, 0) is 11.6 Å². The minimum Gasteiger partial charge on any atom is -0.467 e. The Morgan fingerprint density at radius 1 is 0.897 bits per heavy atom. The van der Waals surface area contributed by atoms with Gasteiger partial charge in [0.05, 0.1) is 12.8 Å².